The Balaban J connectivity index is 1.97. The number of ether oxygens (including phenoxy) is 2. The van der Waals surface area contributed by atoms with Gasteiger partial charge in [-0.3, -0.25) is 0 Å². The van der Waals surface area contributed by atoms with E-state index in [0.29, 0.717) is 17.9 Å². The van der Waals surface area contributed by atoms with Crippen molar-refractivity contribution in [3.8, 4) is 5.88 Å². The van der Waals surface area contributed by atoms with Crippen molar-refractivity contribution < 1.29 is 19.5 Å². The summed E-state index contributed by atoms with van der Waals surface area (Å²) in [5.74, 6) is 0.481. The molecule has 0 bridgehead atoms. The third-order valence-corrected chi connectivity index (χ3v) is 2.23. The molecule has 0 spiro atoms. The molecule has 0 saturated carbocycles. The lowest BCUT2D eigenvalue weighted by atomic mass is 9.82. The highest BCUT2D eigenvalue weighted by Gasteiger charge is 2.18. The van der Waals surface area contributed by atoms with Gasteiger partial charge in [0.1, 0.15) is 6.10 Å². The normalized spacial score (nSPS) is 20.3. The van der Waals surface area contributed by atoms with Crippen molar-refractivity contribution in [2.24, 2.45) is 0 Å². The Hall–Kier alpha value is -1.11. The van der Waals surface area contributed by atoms with Gasteiger partial charge in [-0.25, -0.2) is 4.98 Å². The van der Waals surface area contributed by atoms with Crippen LogP contribution >= 0.6 is 0 Å². The molecule has 2 heterocycles. The molecular formula is C9H12BNO4. The minimum atomic E-state index is -1.48. The molecule has 1 aliphatic rings. The fraction of sp³-hybridized carbons (Fsp3) is 0.444. The summed E-state index contributed by atoms with van der Waals surface area (Å²) in [7, 11) is -1.48. The van der Waals surface area contributed by atoms with E-state index in [1.807, 2.05) is 0 Å². The van der Waals surface area contributed by atoms with Crippen LogP contribution in [0.2, 0.25) is 0 Å². The fourth-order valence-electron chi connectivity index (χ4n) is 1.39. The van der Waals surface area contributed by atoms with E-state index in [4.69, 9.17) is 19.5 Å². The van der Waals surface area contributed by atoms with E-state index < -0.39 is 7.12 Å². The number of hydrogen-bond acceptors (Lipinski definition) is 5. The molecule has 0 radical (unpaired) electrons. The summed E-state index contributed by atoms with van der Waals surface area (Å²) >= 11 is 0. The number of aromatic nitrogens is 1. The quantitative estimate of drug-likeness (QED) is 0.620. The van der Waals surface area contributed by atoms with E-state index in [0.717, 1.165) is 13.0 Å². The summed E-state index contributed by atoms with van der Waals surface area (Å²) < 4.78 is 10.7. The predicted molar refractivity (Wildman–Crippen MR) is 53.9 cm³/mol. The number of nitrogens with zero attached hydrogens (tertiary/aromatic N) is 1. The van der Waals surface area contributed by atoms with Gasteiger partial charge in [0.2, 0.25) is 5.88 Å². The second-order valence-electron chi connectivity index (χ2n) is 3.41. The second kappa shape index (κ2) is 4.61. The van der Waals surface area contributed by atoms with Gasteiger partial charge in [-0.15, -0.1) is 0 Å². The van der Waals surface area contributed by atoms with Gasteiger partial charge in [0, 0.05) is 18.1 Å². The summed E-state index contributed by atoms with van der Waals surface area (Å²) in [6.45, 7) is 1.31. The lowest BCUT2D eigenvalue weighted by Gasteiger charge is -2.10. The maximum Gasteiger partial charge on any atom is 0.490 e. The standard InChI is InChI=1S/C9H12BNO4/c12-10(13)7-1-2-9(11-5-7)15-8-3-4-14-6-8/h1-2,5,8,12-13H,3-4,6H2. The first-order valence-electron chi connectivity index (χ1n) is 4.82. The molecule has 1 unspecified atom stereocenters. The molecule has 1 fully saturated rings. The van der Waals surface area contributed by atoms with Gasteiger partial charge >= 0.3 is 7.12 Å². The van der Waals surface area contributed by atoms with Crippen LogP contribution < -0.4 is 10.2 Å². The van der Waals surface area contributed by atoms with Crippen LogP contribution in [0.15, 0.2) is 18.3 Å². The van der Waals surface area contributed by atoms with Gasteiger partial charge < -0.3 is 19.5 Å². The molecule has 1 saturated heterocycles. The molecule has 0 aromatic carbocycles. The molecule has 6 heteroatoms. The van der Waals surface area contributed by atoms with Crippen molar-refractivity contribution in [2.45, 2.75) is 12.5 Å². The van der Waals surface area contributed by atoms with Crippen LogP contribution in [-0.4, -0.2) is 41.5 Å². The molecule has 15 heavy (non-hydrogen) atoms. The summed E-state index contributed by atoms with van der Waals surface area (Å²) in [4.78, 5) is 3.97. The number of pyridine rings is 1. The van der Waals surface area contributed by atoms with Gasteiger partial charge in [0.05, 0.1) is 13.2 Å². The van der Waals surface area contributed by atoms with Crippen LogP contribution in [0.1, 0.15) is 6.42 Å². The fourth-order valence-corrected chi connectivity index (χ4v) is 1.39. The predicted octanol–water partition coefficient (Wildman–Crippen LogP) is -1.07. The highest BCUT2D eigenvalue weighted by molar-refractivity contribution is 6.58. The van der Waals surface area contributed by atoms with Gasteiger partial charge in [-0.1, -0.05) is 6.07 Å². The van der Waals surface area contributed by atoms with E-state index in [1.54, 1.807) is 12.1 Å². The van der Waals surface area contributed by atoms with Crippen LogP contribution in [0, 0.1) is 0 Å². The zero-order chi connectivity index (χ0) is 10.7. The molecule has 1 aromatic heterocycles. The molecule has 2 N–H and O–H groups in total. The summed E-state index contributed by atoms with van der Waals surface area (Å²) in [5, 5.41) is 17.7. The Morgan fingerprint density at radius 2 is 2.33 bits per heavy atom. The topological polar surface area (TPSA) is 71.8 Å². The molecule has 1 atom stereocenters. The van der Waals surface area contributed by atoms with E-state index in [-0.39, 0.29) is 6.10 Å². The Kier molecular flexibility index (Phi) is 3.20. The first-order valence-corrected chi connectivity index (χ1v) is 4.82. The molecular weight excluding hydrogens is 197 g/mol. The lowest BCUT2D eigenvalue weighted by molar-refractivity contribution is 0.138. The minimum absolute atomic E-state index is 0.0578. The molecule has 5 nitrogen and oxygen atoms in total. The van der Waals surface area contributed by atoms with Gasteiger partial charge in [-0.05, 0) is 6.07 Å². The highest BCUT2D eigenvalue weighted by Crippen LogP contribution is 2.12. The Morgan fingerprint density at radius 1 is 1.47 bits per heavy atom. The Labute approximate surface area is 87.8 Å². The van der Waals surface area contributed by atoms with Crippen molar-refractivity contribution in [2.75, 3.05) is 13.2 Å². The average molecular weight is 209 g/mol. The highest BCUT2D eigenvalue weighted by atomic mass is 16.5. The van der Waals surface area contributed by atoms with Crippen molar-refractivity contribution in [1.29, 1.82) is 0 Å². The monoisotopic (exact) mass is 209 g/mol. The first-order chi connectivity index (χ1) is 7.25. The third-order valence-electron chi connectivity index (χ3n) is 2.23. The van der Waals surface area contributed by atoms with Gasteiger partial charge in [0.25, 0.3) is 0 Å². The van der Waals surface area contributed by atoms with Gasteiger partial charge in [0.15, 0.2) is 0 Å². The third kappa shape index (κ3) is 2.68. The van der Waals surface area contributed by atoms with E-state index in [9.17, 15) is 0 Å². The van der Waals surface area contributed by atoms with Crippen molar-refractivity contribution in [3.63, 3.8) is 0 Å². The van der Waals surface area contributed by atoms with Gasteiger partial charge in [-0.2, -0.15) is 0 Å². The van der Waals surface area contributed by atoms with Crippen molar-refractivity contribution in [3.05, 3.63) is 18.3 Å². The maximum atomic E-state index is 8.85. The minimum Gasteiger partial charge on any atom is -0.472 e. The van der Waals surface area contributed by atoms with Crippen LogP contribution in [-0.2, 0) is 4.74 Å². The Morgan fingerprint density at radius 3 is 2.87 bits per heavy atom. The summed E-state index contributed by atoms with van der Waals surface area (Å²) in [6, 6.07) is 3.19. The van der Waals surface area contributed by atoms with E-state index in [2.05, 4.69) is 4.98 Å². The van der Waals surface area contributed by atoms with E-state index >= 15 is 0 Å². The first kappa shape index (κ1) is 10.4. The Bertz CT molecular complexity index is 310. The SMILES string of the molecule is OB(O)c1ccc(OC2CCOC2)nc1. The van der Waals surface area contributed by atoms with E-state index in [1.165, 1.54) is 6.20 Å². The molecule has 0 aliphatic carbocycles. The van der Waals surface area contributed by atoms with Crippen LogP contribution in [0.4, 0.5) is 0 Å². The zero-order valence-electron chi connectivity index (χ0n) is 8.17. The molecule has 0 amide bonds. The lowest BCUT2D eigenvalue weighted by Crippen LogP contribution is -2.30. The van der Waals surface area contributed by atoms with Crippen LogP contribution in [0.5, 0.6) is 5.88 Å². The van der Waals surface area contributed by atoms with Crippen molar-refractivity contribution in [1.82, 2.24) is 4.98 Å². The molecule has 1 aliphatic heterocycles. The average Bonchev–Trinajstić information content (AvgIpc) is 2.71. The second-order valence-corrected chi connectivity index (χ2v) is 3.41. The zero-order valence-corrected chi connectivity index (χ0v) is 8.17. The number of rotatable bonds is 3. The van der Waals surface area contributed by atoms with Crippen LogP contribution in [0.25, 0.3) is 0 Å². The van der Waals surface area contributed by atoms with Crippen molar-refractivity contribution >= 4 is 12.6 Å². The molecule has 80 valence electrons. The number of hydrogen-bond donors (Lipinski definition) is 2. The smallest absolute Gasteiger partial charge is 0.472 e. The molecule has 2 rings (SSSR count). The summed E-state index contributed by atoms with van der Waals surface area (Å²) in [6.07, 6.45) is 2.31. The largest absolute Gasteiger partial charge is 0.490 e. The maximum absolute atomic E-state index is 8.85. The van der Waals surface area contributed by atoms with Crippen LogP contribution in [0.3, 0.4) is 0 Å². The molecule has 1 aromatic rings. The summed E-state index contributed by atoms with van der Waals surface area (Å²) in [5.41, 5.74) is 0.352.